The third kappa shape index (κ3) is 4.74. The second-order valence-corrected chi connectivity index (χ2v) is 8.83. The summed E-state index contributed by atoms with van der Waals surface area (Å²) in [7, 11) is -8.14. The number of hydrogen-bond acceptors (Lipinski definition) is 6. The molecule has 1 rings (SSSR count). The molecule has 0 saturated heterocycles. The maximum atomic E-state index is 11.9. The maximum Gasteiger partial charge on any atom is 0.342 e. The van der Waals surface area contributed by atoms with Crippen molar-refractivity contribution < 1.29 is 21.0 Å². The van der Waals surface area contributed by atoms with Gasteiger partial charge in [-0.2, -0.15) is 13.4 Å². The number of nitrogens with zero attached hydrogens (tertiary/aromatic N) is 1. The highest BCUT2D eigenvalue weighted by Gasteiger charge is 2.24. The number of sulfonamides is 1. The van der Waals surface area contributed by atoms with E-state index in [-0.39, 0.29) is 11.1 Å². The highest BCUT2D eigenvalue weighted by Crippen LogP contribution is 2.19. The second-order valence-electron chi connectivity index (χ2n) is 3.93. The summed E-state index contributed by atoms with van der Waals surface area (Å²) in [5.74, 6) is -0.442. The van der Waals surface area contributed by atoms with Gasteiger partial charge in [-0.3, -0.25) is 0 Å². The number of rotatable bonds is 6. The molecular formula is C9H12Cl2N2O5S2. The lowest BCUT2D eigenvalue weighted by molar-refractivity contribution is 0.474. The van der Waals surface area contributed by atoms with Gasteiger partial charge in [0.25, 0.3) is 10.0 Å². The fourth-order valence-corrected chi connectivity index (χ4v) is 2.95. The van der Waals surface area contributed by atoms with Gasteiger partial charge in [0.2, 0.25) is 10.0 Å². The van der Waals surface area contributed by atoms with Crippen LogP contribution in [0.5, 0.6) is 5.88 Å². The Labute approximate surface area is 127 Å². The molecule has 0 saturated carbocycles. The second kappa shape index (κ2) is 6.44. The van der Waals surface area contributed by atoms with Crippen molar-refractivity contribution in [2.75, 3.05) is 0 Å². The number of pyridine rings is 1. The van der Waals surface area contributed by atoms with Crippen LogP contribution in [0.1, 0.15) is 13.8 Å². The molecule has 0 bridgehead atoms. The Hall–Kier alpha value is -0.610. The third-order valence-corrected chi connectivity index (χ3v) is 5.49. The Morgan fingerprint density at radius 1 is 1.20 bits per heavy atom. The molecule has 0 aliphatic carbocycles. The summed E-state index contributed by atoms with van der Waals surface area (Å²) >= 11 is 10.4. The van der Waals surface area contributed by atoms with Crippen molar-refractivity contribution in [3.05, 3.63) is 18.2 Å². The van der Waals surface area contributed by atoms with Crippen molar-refractivity contribution in [2.45, 2.75) is 29.1 Å². The number of nitrogens with one attached hydrogen (secondary N) is 1. The zero-order valence-electron chi connectivity index (χ0n) is 10.4. The van der Waals surface area contributed by atoms with E-state index in [0.29, 0.717) is 0 Å². The molecule has 11 heteroatoms. The largest absolute Gasteiger partial charge is 0.360 e. The molecule has 0 fully saturated rings. The van der Waals surface area contributed by atoms with Crippen LogP contribution in [0.15, 0.2) is 23.2 Å². The summed E-state index contributed by atoms with van der Waals surface area (Å²) in [4.78, 5) is 3.60. The minimum Gasteiger partial charge on any atom is -0.360 e. The van der Waals surface area contributed by atoms with Gasteiger partial charge in [-0.05, 0) is 19.9 Å². The molecule has 0 aliphatic rings. The molecular weight excluding hydrogens is 351 g/mol. The molecule has 0 radical (unpaired) electrons. The quantitative estimate of drug-likeness (QED) is 0.603. The van der Waals surface area contributed by atoms with Crippen molar-refractivity contribution in [1.29, 1.82) is 0 Å². The zero-order valence-corrected chi connectivity index (χ0v) is 13.6. The monoisotopic (exact) mass is 362 g/mol. The molecule has 0 spiro atoms. The van der Waals surface area contributed by atoms with Crippen LogP contribution < -0.4 is 8.91 Å². The Bertz CT molecular complexity index is 673. The van der Waals surface area contributed by atoms with Crippen molar-refractivity contribution in [2.24, 2.45) is 0 Å². The van der Waals surface area contributed by atoms with Crippen molar-refractivity contribution in [1.82, 2.24) is 9.71 Å². The molecule has 20 heavy (non-hydrogen) atoms. The summed E-state index contributed by atoms with van der Waals surface area (Å²) in [6, 6.07) is 3.31. The van der Waals surface area contributed by atoms with E-state index in [1.807, 2.05) is 0 Å². The summed E-state index contributed by atoms with van der Waals surface area (Å²) in [6.45, 7) is 3.27. The molecule has 0 aliphatic heterocycles. The Balaban J connectivity index is 3.10. The van der Waals surface area contributed by atoms with Crippen LogP contribution in [0, 0.1) is 0 Å². The normalized spacial score (nSPS) is 12.9. The third-order valence-electron chi connectivity index (χ3n) is 1.78. The molecule has 114 valence electrons. The van der Waals surface area contributed by atoms with E-state index in [0.717, 1.165) is 0 Å². The van der Waals surface area contributed by atoms with Gasteiger partial charge in [0.1, 0.15) is 0 Å². The average molecular weight is 363 g/mol. The van der Waals surface area contributed by atoms with Crippen LogP contribution in [0.3, 0.4) is 0 Å². The summed E-state index contributed by atoms with van der Waals surface area (Å²) in [5.41, 5.74) is 0. The van der Waals surface area contributed by atoms with Crippen LogP contribution in [-0.4, -0.2) is 32.0 Å². The van der Waals surface area contributed by atoms with E-state index < -0.39 is 30.2 Å². The van der Waals surface area contributed by atoms with Gasteiger partial charge in [-0.1, -0.05) is 29.3 Å². The van der Waals surface area contributed by atoms with Crippen LogP contribution >= 0.6 is 23.2 Å². The number of aromatic nitrogens is 1. The predicted molar refractivity (Wildman–Crippen MR) is 74.7 cm³/mol. The average Bonchev–Trinajstić information content (AvgIpc) is 2.26. The van der Waals surface area contributed by atoms with Crippen molar-refractivity contribution in [3.8, 4) is 5.88 Å². The van der Waals surface area contributed by atoms with E-state index in [1.54, 1.807) is 13.8 Å². The summed E-state index contributed by atoms with van der Waals surface area (Å²) < 4.78 is 51.4. The van der Waals surface area contributed by atoms with E-state index in [4.69, 9.17) is 23.2 Å². The molecule has 1 heterocycles. The van der Waals surface area contributed by atoms with Crippen LogP contribution in [0.2, 0.25) is 0 Å². The first-order chi connectivity index (χ1) is 9.04. The smallest absolute Gasteiger partial charge is 0.342 e. The van der Waals surface area contributed by atoms with E-state index >= 15 is 0 Å². The summed E-state index contributed by atoms with van der Waals surface area (Å²) in [6.07, 6.45) is 0. The highest BCUT2D eigenvalue weighted by atomic mass is 35.5. The SMILES string of the molecule is CC(C)NS(=O)(=O)c1cccc(OS(=O)(=O)C(Cl)Cl)n1. The first-order valence-corrected chi connectivity index (χ1v) is 9.08. The van der Waals surface area contributed by atoms with E-state index in [9.17, 15) is 16.8 Å². The summed E-state index contributed by atoms with van der Waals surface area (Å²) in [5, 5.41) is -0.375. The van der Waals surface area contributed by atoms with Gasteiger partial charge < -0.3 is 4.18 Å². The zero-order chi connectivity index (χ0) is 15.6. The lowest BCUT2D eigenvalue weighted by atomic mass is 10.4. The molecule has 7 nitrogen and oxygen atoms in total. The fourth-order valence-electron chi connectivity index (χ4n) is 1.12. The first-order valence-electron chi connectivity index (χ1n) is 5.25. The van der Waals surface area contributed by atoms with Gasteiger partial charge in [0.15, 0.2) is 5.03 Å². The molecule has 1 aromatic rings. The number of hydrogen-bond donors (Lipinski definition) is 1. The Morgan fingerprint density at radius 3 is 2.30 bits per heavy atom. The van der Waals surface area contributed by atoms with Crippen LogP contribution in [0.4, 0.5) is 0 Å². The molecule has 0 amide bonds. The van der Waals surface area contributed by atoms with Crippen LogP contribution in [-0.2, 0) is 20.1 Å². The standard InChI is InChI=1S/C9H12Cl2N2O5S2/c1-6(2)13-19(14,15)8-5-3-4-7(12-8)18-20(16,17)9(10)11/h3-6,9,13H,1-2H3. The Kier molecular flexibility index (Phi) is 5.61. The van der Waals surface area contributed by atoms with Crippen molar-refractivity contribution >= 4 is 43.3 Å². The molecule has 0 unspecified atom stereocenters. The molecule has 0 atom stereocenters. The van der Waals surface area contributed by atoms with Crippen LogP contribution in [0.25, 0.3) is 0 Å². The minimum absolute atomic E-state index is 0.342. The first kappa shape index (κ1) is 17.4. The predicted octanol–water partition coefficient (Wildman–Crippen LogP) is 1.24. The minimum atomic E-state index is -4.28. The lowest BCUT2D eigenvalue weighted by Gasteiger charge is -2.10. The van der Waals surface area contributed by atoms with Crippen molar-refractivity contribution in [3.63, 3.8) is 0 Å². The van der Waals surface area contributed by atoms with Gasteiger partial charge in [0, 0.05) is 12.1 Å². The maximum absolute atomic E-state index is 11.9. The van der Waals surface area contributed by atoms with Gasteiger partial charge in [0.05, 0.1) is 0 Å². The molecule has 1 N–H and O–H groups in total. The fraction of sp³-hybridized carbons (Fsp3) is 0.444. The highest BCUT2D eigenvalue weighted by molar-refractivity contribution is 7.90. The molecule has 1 aromatic heterocycles. The Morgan fingerprint density at radius 2 is 1.80 bits per heavy atom. The van der Waals surface area contributed by atoms with E-state index in [2.05, 4.69) is 13.9 Å². The van der Waals surface area contributed by atoms with E-state index in [1.165, 1.54) is 18.2 Å². The number of halogens is 2. The number of alkyl halides is 2. The van der Waals surface area contributed by atoms with Gasteiger partial charge in [-0.15, -0.1) is 0 Å². The van der Waals surface area contributed by atoms with Gasteiger partial charge in [-0.25, -0.2) is 13.1 Å². The topological polar surface area (TPSA) is 102 Å². The molecule has 0 aromatic carbocycles. The van der Waals surface area contributed by atoms with Gasteiger partial charge >= 0.3 is 10.1 Å². The lowest BCUT2D eigenvalue weighted by Crippen LogP contribution is -2.31.